The van der Waals surface area contributed by atoms with Gasteiger partial charge in [0, 0.05) is 32.4 Å². The molecule has 1 N–H and O–H groups in total. The quantitative estimate of drug-likeness (QED) is 0.784. The van der Waals surface area contributed by atoms with Gasteiger partial charge in [-0.15, -0.1) is 11.3 Å². The molecule has 0 bridgehead atoms. The lowest BCUT2D eigenvalue weighted by atomic mass is 10.3. The normalized spacial score (nSPS) is 14.8. The maximum absolute atomic E-state index is 12.4. The fourth-order valence-electron chi connectivity index (χ4n) is 2.70. The molecule has 0 spiro atoms. The summed E-state index contributed by atoms with van der Waals surface area (Å²) >= 11 is 1.32. The molecule has 1 aromatic heterocycles. The number of carbonyl (C=O) groups is 2. The predicted octanol–water partition coefficient (Wildman–Crippen LogP) is 1.70. The molecule has 1 fully saturated rings. The van der Waals surface area contributed by atoms with Crippen molar-refractivity contribution in [3.8, 4) is 0 Å². The molecule has 1 aliphatic heterocycles. The molecule has 10 heteroatoms. The van der Waals surface area contributed by atoms with Crippen molar-refractivity contribution in [3.63, 3.8) is 0 Å². The Morgan fingerprint density at radius 2 is 2.07 bits per heavy atom. The van der Waals surface area contributed by atoms with Crippen LogP contribution in [-0.4, -0.2) is 50.2 Å². The van der Waals surface area contributed by atoms with E-state index in [2.05, 4.69) is 10.3 Å². The van der Waals surface area contributed by atoms with Crippen molar-refractivity contribution < 1.29 is 18.0 Å². The monoisotopic (exact) mass is 408 g/mol. The van der Waals surface area contributed by atoms with Crippen LogP contribution in [0.5, 0.6) is 0 Å². The van der Waals surface area contributed by atoms with Crippen molar-refractivity contribution in [2.45, 2.75) is 24.2 Å². The number of amides is 2. The molecule has 0 radical (unpaired) electrons. The van der Waals surface area contributed by atoms with E-state index in [9.17, 15) is 18.0 Å². The molecule has 144 valence electrons. The number of benzene rings is 1. The number of anilines is 2. The first-order valence-electron chi connectivity index (χ1n) is 8.35. The number of nitrogens with zero attached hydrogens (tertiary/aromatic N) is 3. The van der Waals surface area contributed by atoms with Crippen LogP contribution in [0.15, 0.2) is 34.5 Å². The molecule has 1 aromatic carbocycles. The average Bonchev–Trinajstić information content (AvgIpc) is 3.23. The third-order valence-electron chi connectivity index (χ3n) is 4.11. The van der Waals surface area contributed by atoms with Crippen molar-refractivity contribution in [2.75, 3.05) is 30.9 Å². The van der Waals surface area contributed by atoms with E-state index in [1.54, 1.807) is 28.5 Å². The van der Waals surface area contributed by atoms with Gasteiger partial charge in [0.15, 0.2) is 5.13 Å². The van der Waals surface area contributed by atoms with Crippen molar-refractivity contribution >= 4 is 44.0 Å². The highest BCUT2D eigenvalue weighted by molar-refractivity contribution is 7.89. The molecule has 0 atom stereocenters. The standard InChI is InChI=1S/C17H20N4O4S2/c1-20(2)27(24,25)14-7-4-3-6-13(14)19-15(22)10-12-11-26-17(18-12)21-9-5-8-16(21)23/h3-4,6-7,11H,5,8-10H2,1-2H3,(H,19,22). The van der Waals surface area contributed by atoms with Crippen LogP contribution in [0.4, 0.5) is 10.8 Å². The number of sulfonamides is 1. The zero-order valence-electron chi connectivity index (χ0n) is 15.0. The highest BCUT2D eigenvalue weighted by atomic mass is 32.2. The number of thiazole rings is 1. The first kappa shape index (κ1) is 19.5. The summed E-state index contributed by atoms with van der Waals surface area (Å²) in [5, 5.41) is 4.98. The van der Waals surface area contributed by atoms with Crippen LogP contribution in [0.25, 0.3) is 0 Å². The topological polar surface area (TPSA) is 99.7 Å². The Hall–Kier alpha value is -2.30. The lowest BCUT2D eigenvalue weighted by molar-refractivity contribution is -0.117. The average molecular weight is 409 g/mol. The molecule has 0 saturated carbocycles. The zero-order chi connectivity index (χ0) is 19.6. The summed E-state index contributed by atoms with van der Waals surface area (Å²) in [7, 11) is -0.808. The summed E-state index contributed by atoms with van der Waals surface area (Å²) in [4.78, 5) is 30.2. The van der Waals surface area contributed by atoms with Crippen molar-refractivity contribution in [1.82, 2.24) is 9.29 Å². The summed E-state index contributed by atoms with van der Waals surface area (Å²) in [6.45, 7) is 0.647. The Morgan fingerprint density at radius 1 is 1.33 bits per heavy atom. The summed E-state index contributed by atoms with van der Waals surface area (Å²) < 4.78 is 25.9. The SMILES string of the molecule is CN(C)S(=O)(=O)c1ccccc1NC(=O)Cc1csc(N2CCCC2=O)n1. The van der Waals surface area contributed by atoms with Crippen LogP contribution >= 0.6 is 11.3 Å². The van der Waals surface area contributed by atoms with E-state index in [1.807, 2.05) is 0 Å². The van der Waals surface area contributed by atoms with Crippen LogP contribution in [0.1, 0.15) is 18.5 Å². The second kappa shape index (κ2) is 7.75. The minimum absolute atomic E-state index is 0.00508. The van der Waals surface area contributed by atoms with E-state index in [1.165, 1.54) is 31.5 Å². The number of hydrogen-bond acceptors (Lipinski definition) is 6. The van der Waals surface area contributed by atoms with E-state index in [-0.39, 0.29) is 28.8 Å². The summed E-state index contributed by atoms with van der Waals surface area (Å²) in [6.07, 6.45) is 1.33. The molecule has 2 amide bonds. The molecular formula is C17H20N4O4S2. The highest BCUT2D eigenvalue weighted by Gasteiger charge is 2.25. The molecular weight excluding hydrogens is 388 g/mol. The number of rotatable bonds is 6. The van der Waals surface area contributed by atoms with Crippen molar-refractivity contribution in [2.24, 2.45) is 0 Å². The smallest absolute Gasteiger partial charge is 0.244 e. The third kappa shape index (κ3) is 4.18. The van der Waals surface area contributed by atoms with Crippen LogP contribution in [-0.2, 0) is 26.0 Å². The molecule has 3 rings (SSSR count). The Bertz CT molecular complexity index is 969. The Morgan fingerprint density at radius 3 is 2.74 bits per heavy atom. The number of nitrogens with one attached hydrogen (secondary N) is 1. The van der Waals surface area contributed by atoms with Gasteiger partial charge < -0.3 is 5.32 Å². The second-order valence-electron chi connectivity index (χ2n) is 6.28. The molecule has 2 aromatic rings. The lowest BCUT2D eigenvalue weighted by Gasteiger charge is -2.15. The molecule has 1 saturated heterocycles. The van der Waals surface area contributed by atoms with E-state index in [0.717, 1.165) is 10.7 Å². The maximum Gasteiger partial charge on any atom is 0.244 e. The van der Waals surface area contributed by atoms with Gasteiger partial charge in [0.25, 0.3) is 0 Å². The highest BCUT2D eigenvalue weighted by Crippen LogP contribution is 2.26. The van der Waals surface area contributed by atoms with E-state index < -0.39 is 10.0 Å². The predicted molar refractivity (Wildman–Crippen MR) is 103 cm³/mol. The molecule has 2 heterocycles. The fourth-order valence-corrected chi connectivity index (χ4v) is 4.61. The maximum atomic E-state index is 12.4. The van der Waals surface area contributed by atoms with Gasteiger partial charge in [0.05, 0.1) is 17.8 Å². The van der Waals surface area contributed by atoms with Crippen molar-refractivity contribution in [1.29, 1.82) is 0 Å². The van der Waals surface area contributed by atoms with Gasteiger partial charge in [-0.2, -0.15) is 0 Å². The Kier molecular flexibility index (Phi) is 5.59. The summed E-state index contributed by atoms with van der Waals surface area (Å²) in [5.74, 6) is -0.329. The van der Waals surface area contributed by atoms with Gasteiger partial charge in [-0.05, 0) is 18.6 Å². The minimum atomic E-state index is -3.68. The number of carbonyl (C=O) groups excluding carboxylic acids is 2. The van der Waals surface area contributed by atoms with Crippen molar-refractivity contribution in [3.05, 3.63) is 35.3 Å². The van der Waals surface area contributed by atoms with Gasteiger partial charge in [-0.25, -0.2) is 17.7 Å². The lowest BCUT2D eigenvalue weighted by Crippen LogP contribution is -2.25. The van der Waals surface area contributed by atoms with E-state index in [0.29, 0.717) is 23.8 Å². The molecule has 27 heavy (non-hydrogen) atoms. The number of hydrogen-bond donors (Lipinski definition) is 1. The Balaban J connectivity index is 1.72. The minimum Gasteiger partial charge on any atom is -0.325 e. The second-order valence-corrected chi connectivity index (χ2v) is 9.24. The molecule has 0 aliphatic carbocycles. The van der Waals surface area contributed by atoms with E-state index in [4.69, 9.17) is 0 Å². The van der Waals surface area contributed by atoms with Gasteiger partial charge in [0.2, 0.25) is 21.8 Å². The first-order chi connectivity index (χ1) is 12.8. The van der Waals surface area contributed by atoms with Crippen LogP contribution in [0.3, 0.4) is 0 Å². The zero-order valence-corrected chi connectivity index (χ0v) is 16.6. The third-order valence-corrected chi connectivity index (χ3v) is 6.89. The van der Waals surface area contributed by atoms with Gasteiger partial charge in [-0.1, -0.05) is 12.1 Å². The van der Waals surface area contributed by atoms with Crippen LogP contribution < -0.4 is 10.2 Å². The molecule has 0 unspecified atom stereocenters. The molecule has 8 nitrogen and oxygen atoms in total. The van der Waals surface area contributed by atoms with Gasteiger partial charge in [-0.3, -0.25) is 14.5 Å². The number of aromatic nitrogens is 1. The largest absolute Gasteiger partial charge is 0.325 e. The summed E-state index contributed by atoms with van der Waals surface area (Å²) in [6, 6.07) is 6.25. The van der Waals surface area contributed by atoms with Gasteiger partial charge >= 0.3 is 0 Å². The van der Waals surface area contributed by atoms with Gasteiger partial charge in [0.1, 0.15) is 4.90 Å². The number of para-hydroxylation sites is 1. The summed E-state index contributed by atoms with van der Waals surface area (Å²) in [5.41, 5.74) is 0.765. The Labute approximate surface area is 161 Å². The van der Waals surface area contributed by atoms with E-state index >= 15 is 0 Å². The molecule has 1 aliphatic rings. The van der Waals surface area contributed by atoms with Crippen LogP contribution in [0.2, 0.25) is 0 Å². The first-order valence-corrected chi connectivity index (χ1v) is 10.7. The fraction of sp³-hybridized carbons (Fsp3) is 0.353. The van der Waals surface area contributed by atoms with Crippen LogP contribution in [0, 0.1) is 0 Å².